The Morgan fingerprint density at radius 2 is 2.24 bits per heavy atom. The SMILES string of the molecule is COC(CN)CCN1c2ccccc2CC1C. The minimum atomic E-state index is 0.176. The highest BCUT2D eigenvalue weighted by atomic mass is 16.5. The Morgan fingerprint density at radius 1 is 1.47 bits per heavy atom. The van der Waals surface area contributed by atoms with E-state index >= 15 is 0 Å². The Labute approximate surface area is 104 Å². The number of nitrogens with zero attached hydrogens (tertiary/aromatic N) is 1. The molecule has 17 heavy (non-hydrogen) atoms. The maximum absolute atomic E-state index is 5.65. The van der Waals surface area contributed by atoms with Crippen molar-refractivity contribution >= 4 is 5.69 Å². The number of hydrogen-bond acceptors (Lipinski definition) is 3. The monoisotopic (exact) mass is 234 g/mol. The van der Waals surface area contributed by atoms with Crippen LogP contribution in [0.5, 0.6) is 0 Å². The molecule has 0 spiro atoms. The van der Waals surface area contributed by atoms with Crippen LogP contribution in [0.15, 0.2) is 24.3 Å². The number of nitrogens with two attached hydrogens (primary N) is 1. The zero-order valence-electron chi connectivity index (χ0n) is 10.7. The van der Waals surface area contributed by atoms with Crippen LogP contribution in [-0.2, 0) is 11.2 Å². The van der Waals surface area contributed by atoms with Crippen LogP contribution in [0.3, 0.4) is 0 Å². The van der Waals surface area contributed by atoms with Crippen molar-refractivity contribution in [3.63, 3.8) is 0 Å². The highest BCUT2D eigenvalue weighted by molar-refractivity contribution is 5.59. The van der Waals surface area contributed by atoms with Gasteiger partial charge in [-0.25, -0.2) is 0 Å². The van der Waals surface area contributed by atoms with E-state index in [-0.39, 0.29) is 6.10 Å². The smallest absolute Gasteiger partial charge is 0.0710 e. The fraction of sp³-hybridized carbons (Fsp3) is 0.571. The van der Waals surface area contributed by atoms with E-state index < -0.39 is 0 Å². The zero-order valence-corrected chi connectivity index (χ0v) is 10.7. The standard InChI is InChI=1S/C14H22N2O/c1-11-9-12-5-3-4-6-14(12)16(11)8-7-13(10-15)17-2/h3-6,11,13H,7-10,15H2,1-2H3. The van der Waals surface area contributed by atoms with Crippen LogP contribution in [0.25, 0.3) is 0 Å². The first-order chi connectivity index (χ1) is 8.26. The van der Waals surface area contributed by atoms with Gasteiger partial charge < -0.3 is 15.4 Å². The molecule has 0 amide bonds. The maximum atomic E-state index is 5.65. The molecule has 1 aliphatic rings. The molecule has 2 rings (SSSR count). The highest BCUT2D eigenvalue weighted by Gasteiger charge is 2.25. The Bertz CT molecular complexity index is 363. The van der Waals surface area contributed by atoms with Crippen LogP contribution in [0, 0.1) is 0 Å². The molecule has 0 aliphatic carbocycles. The summed E-state index contributed by atoms with van der Waals surface area (Å²) in [5.74, 6) is 0. The normalized spacial score (nSPS) is 20.4. The van der Waals surface area contributed by atoms with Gasteiger partial charge in [-0.05, 0) is 31.4 Å². The van der Waals surface area contributed by atoms with Gasteiger partial charge in [0.05, 0.1) is 6.10 Å². The van der Waals surface area contributed by atoms with E-state index in [2.05, 4.69) is 36.1 Å². The van der Waals surface area contributed by atoms with Crippen molar-refractivity contribution < 1.29 is 4.74 Å². The van der Waals surface area contributed by atoms with Crippen LogP contribution >= 0.6 is 0 Å². The van der Waals surface area contributed by atoms with E-state index in [4.69, 9.17) is 10.5 Å². The van der Waals surface area contributed by atoms with Gasteiger partial charge in [-0.15, -0.1) is 0 Å². The number of methoxy groups -OCH3 is 1. The summed E-state index contributed by atoms with van der Waals surface area (Å²) in [6.07, 6.45) is 2.32. The lowest BCUT2D eigenvalue weighted by Crippen LogP contribution is -2.34. The van der Waals surface area contributed by atoms with E-state index in [9.17, 15) is 0 Å². The molecule has 2 N–H and O–H groups in total. The van der Waals surface area contributed by atoms with Crippen molar-refractivity contribution in [1.82, 2.24) is 0 Å². The molecule has 3 heteroatoms. The highest BCUT2D eigenvalue weighted by Crippen LogP contribution is 2.31. The minimum Gasteiger partial charge on any atom is -0.380 e. The zero-order chi connectivity index (χ0) is 12.3. The molecule has 0 radical (unpaired) electrons. The number of para-hydroxylation sites is 1. The molecule has 3 nitrogen and oxygen atoms in total. The fourth-order valence-corrected chi connectivity index (χ4v) is 2.59. The van der Waals surface area contributed by atoms with Gasteiger partial charge in [-0.1, -0.05) is 18.2 Å². The number of ether oxygens (including phenoxy) is 1. The van der Waals surface area contributed by atoms with Crippen LogP contribution in [0.4, 0.5) is 5.69 Å². The maximum Gasteiger partial charge on any atom is 0.0710 e. The molecule has 1 aromatic carbocycles. The van der Waals surface area contributed by atoms with Crippen molar-refractivity contribution in [2.75, 3.05) is 25.1 Å². The third-order valence-electron chi connectivity index (χ3n) is 3.64. The minimum absolute atomic E-state index is 0.176. The van der Waals surface area contributed by atoms with E-state index in [0.717, 1.165) is 19.4 Å². The van der Waals surface area contributed by atoms with Crippen LogP contribution in [-0.4, -0.2) is 32.3 Å². The second-order valence-electron chi connectivity index (χ2n) is 4.76. The molecule has 0 aromatic heterocycles. The molecule has 0 bridgehead atoms. The number of hydrogen-bond donors (Lipinski definition) is 1. The van der Waals surface area contributed by atoms with Crippen molar-refractivity contribution in [3.8, 4) is 0 Å². The van der Waals surface area contributed by atoms with E-state index in [1.807, 2.05) is 0 Å². The lowest BCUT2D eigenvalue weighted by Gasteiger charge is -2.26. The van der Waals surface area contributed by atoms with Gasteiger partial charge in [0.15, 0.2) is 0 Å². The summed E-state index contributed by atoms with van der Waals surface area (Å²) >= 11 is 0. The quantitative estimate of drug-likeness (QED) is 0.844. The van der Waals surface area contributed by atoms with Crippen molar-refractivity contribution in [3.05, 3.63) is 29.8 Å². The second kappa shape index (κ2) is 5.52. The largest absolute Gasteiger partial charge is 0.380 e. The van der Waals surface area contributed by atoms with Gasteiger partial charge in [0.2, 0.25) is 0 Å². The Hall–Kier alpha value is -1.06. The van der Waals surface area contributed by atoms with Gasteiger partial charge in [-0.2, -0.15) is 0 Å². The van der Waals surface area contributed by atoms with E-state index in [0.29, 0.717) is 12.6 Å². The number of fused-ring (bicyclic) bond motifs is 1. The Balaban J connectivity index is 2.01. The van der Waals surface area contributed by atoms with Gasteiger partial charge in [0.25, 0.3) is 0 Å². The predicted molar refractivity (Wildman–Crippen MR) is 71.4 cm³/mol. The molecule has 2 unspecified atom stereocenters. The number of anilines is 1. The van der Waals surface area contributed by atoms with Crippen molar-refractivity contribution in [2.24, 2.45) is 5.73 Å². The van der Waals surface area contributed by atoms with Gasteiger partial charge in [0.1, 0.15) is 0 Å². The predicted octanol–water partition coefficient (Wildman–Crippen LogP) is 1.80. The average molecular weight is 234 g/mol. The molecule has 94 valence electrons. The van der Waals surface area contributed by atoms with Gasteiger partial charge in [0, 0.05) is 31.9 Å². The number of benzene rings is 1. The average Bonchev–Trinajstić information content (AvgIpc) is 2.67. The van der Waals surface area contributed by atoms with Crippen molar-refractivity contribution in [1.29, 1.82) is 0 Å². The van der Waals surface area contributed by atoms with Crippen molar-refractivity contribution in [2.45, 2.75) is 31.9 Å². The van der Waals surface area contributed by atoms with Crippen LogP contribution in [0.2, 0.25) is 0 Å². The first kappa shape index (κ1) is 12.4. The molecular weight excluding hydrogens is 212 g/mol. The Morgan fingerprint density at radius 3 is 2.94 bits per heavy atom. The van der Waals surface area contributed by atoms with Gasteiger partial charge >= 0.3 is 0 Å². The molecule has 1 aromatic rings. The molecule has 0 saturated heterocycles. The Kier molecular flexibility index (Phi) is 4.02. The van der Waals surface area contributed by atoms with Crippen LogP contribution < -0.4 is 10.6 Å². The first-order valence-electron chi connectivity index (χ1n) is 6.33. The first-order valence-corrected chi connectivity index (χ1v) is 6.33. The third-order valence-corrected chi connectivity index (χ3v) is 3.64. The summed E-state index contributed by atoms with van der Waals surface area (Å²) in [4.78, 5) is 2.47. The molecule has 0 saturated carbocycles. The molecule has 2 atom stereocenters. The summed E-state index contributed by atoms with van der Waals surface area (Å²) in [6, 6.07) is 9.25. The molecule has 1 heterocycles. The third kappa shape index (κ3) is 2.61. The van der Waals surface area contributed by atoms with Crippen LogP contribution in [0.1, 0.15) is 18.9 Å². The summed E-state index contributed by atoms with van der Waals surface area (Å²) in [6.45, 7) is 3.90. The second-order valence-corrected chi connectivity index (χ2v) is 4.76. The summed E-state index contributed by atoms with van der Waals surface area (Å²) in [7, 11) is 1.74. The van der Waals surface area contributed by atoms with Gasteiger partial charge in [-0.3, -0.25) is 0 Å². The fourth-order valence-electron chi connectivity index (χ4n) is 2.59. The van der Waals surface area contributed by atoms with E-state index in [1.165, 1.54) is 11.3 Å². The summed E-state index contributed by atoms with van der Waals surface area (Å²) < 4.78 is 5.33. The molecule has 0 fully saturated rings. The van der Waals surface area contributed by atoms with E-state index in [1.54, 1.807) is 7.11 Å². The topological polar surface area (TPSA) is 38.5 Å². The lowest BCUT2D eigenvalue weighted by molar-refractivity contribution is 0.103. The lowest BCUT2D eigenvalue weighted by atomic mass is 10.1. The number of rotatable bonds is 5. The molecule has 1 aliphatic heterocycles. The molecular formula is C14H22N2O. The summed E-state index contributed by atoms with van der Waals surface area (Å²) in [5.41, 5.74) is 8.50. The summed E-state index contributed by atoms with van der Waals surface area (Å²) in [5, 5.41) is 0.